The van der Waals surface area contributed by atoms with Crippen LogP contribution in [0.2, 0.25) is 0 Å². The Morgan fingerprint density at radius 2 is 1.88 bits per heavy atom. The molecule has 0 unspecified atom stereocenters. The molecule has 0 aliphatic heterocycles. The van der Waals surface area contributed by atoms with Crippen LogP contribution in [-0.2, 0) is 13.0 Å². The summed E-state index contributed by atoms with van der Waals surface area (Å²) in [5.74, 6) is 0.606. The Bertz CT molecular complexity index is 905. The normalized spacial score (nSPS) is 10.6. The molecule has 2 N–H and O–H groups in total. The molecule has 0 aliphatic rings. The minimum Gasteiger partial charge on any atom is -0.371 e. The second-order valence-corrected chi connectivity index (χ2v) is 7.01. The summed E-state index contributed by atoms with van der Waals surface area (Å²) in [6.45, 7) is 4.56. The zero-order valence-corrected chi connectivity index (χ0v) is 15.9. The van der Waals surface area contributed by atoms with E-state index in [-0.39, 0.29) is 5.91 Å². The van der Waals surface area contributed by atoms with Crippen LogP contribution in [0.5, 0.6) is 0 Å². The number of carbonyl (C=O) groups excluding carboxylic acids is 1. The Balaban J connectivity index is 1.71. The van der Waals surface area contributed by atoms with Crippen LogP contribution in [0.1, 0.15) is 32.9 Å². The van der Waals surface area contributed by atoms with Crippen molar-refractivity contribution in [2.45, 2.75) is 26.8 Å². The molecule has 26 heavy (non-hydrogen) atoms. The number of nitrogens with zero attached hydrogens (tertiary/aromatic N) is 3. The predicted molar refractivity (Wildman–Crippen MR) is 104 cm³/mol. The zero-order valence-electron chi connectivity index (χ0n) is 15.0. The molecule has 0 spiro atoms. The third kappa shape index (κ3) is 3.88. The number of nitrogens with one attached hydrogen (secondary N) is 2. The molecule has 0 bridgehead atoms. The number of carbonyl (C=O) groups is 1. The largest absolute Gasteiger partial charge is 0.371 e. The smallest absolute Gasteiger partial charge is 0.251 e. The van der Waals surface area contributed by atoms with Crippen LogP contribution in [0.25, 0.3) is 11.3 Å². The number of aromatic nitrogens is 3. The van der Waals surface area contributed by atoms with Crippen LogP contribution in [0.4, 0.5) is 5.82 Å². The first-order chi connectivity index (χ1) is 12.6. The van der Waals surface area contributed by atoms with E-state index in [1.54, 1.807) is 42.9 Å². The lowest BCUT2D eigenvalue weighted by Gasteiger charge is -2.08. The van der Waals surface area contributed by atoms with E-state index in [1.165, 1.54) is 0 Å². The van der Waals surface area contributed by atoms with Crippen molar-refractivity contribution in [1.29, 1.82) is 0 Å². The molecule has 0 atom stereocenters. The van der Waals surface area contributed by atoms with Gasteiger partial charge in [-0.2, -0.15) is 0 Å². The predicted octanol–water partition coefficient (Wildman–Crippen LogP) is 3.44. The monoisotopic (exact) mass is 367 g/mol. The van der Waals surface area contributed by atoms with E-state index in [0.29, 0.717) is 17.9 Å². The number of benzene rings is 1. The molecule has 0 aliphatic carbocycles. The summed E-state index contributed by atoms with van der Waals surface area (Å²) in [5.41, 5.74) is 3.34. The molecule has 3 rings (SSSR count). The third-order valence-corrected chi connectivity index (χ3v) is 5.00. The number of amides is 1. The van der Waals surface area contributed by atoms with Crippen LogP contribution in [0.15, 0.2) is 36.7 Å². The van der Waals surface area contributed by atoms with Crippen LogP contribution >= 0.6 is 11.3 Å². The standard InChI is InChI=1S/C19H21N5OS/c1-4-15-16(26-12(2)24-15)11-23-19(25)14-7-5-13(6-8-14)17-18(20-3)22-10-9-21-17/h5-10H,4,11H2,1-3H3,(H,20,22)(H,23,25). The van der Waals surface area contributed by atoms with Crippen molar-refractivity contribution in [3.63, 3.8) is 0 Å². The van der Waals surface area contributed by atoms with Gasteiger partial charge in [0.2, 0.25) is 0 Å². The fourth-order valence-corrected chi connectivity index (χ4v) is 3.67. The molecule has 2 heterocycles. The molecule has 0 saturated carbocycles. The van der Waals surface area contributed by atoms with Crippen molar-refractivity contribution in [2.75, 3.05) is 12.4 Å². The lowest BCUT2D eigenvalue weighted by atomic mass is 10.1. The van der Waals surface area contributed by atoms with Crippen molar-refractivity contribution in [2.24, 2.45) is 0 Å². The molecule has 6 nitrogen and oxygen atoms in total. The van der Waals surface area contributed by atoms with E-state index >= 15 is 0 Å². The number of aryl methyl sites for hydroxylation is 2. The zero-order chi connectivity index (χ0) is 18.5. The van der Waals surface area contributed by atoms with Crippen LogP contribution < -0.4 is 10.6 Å². The maximum Gasteiger partial charge on any atom is 0.251 e. The van der Waals surface area contributed by atoms with Gasteiger partial charge in [0, 0.05) is 35.4 Å². The molecule has 2 aromatic heterocycles. The summed E-state index contributed by atoms with van der Waals surface area (Å²) in [7, 11) is 1.81. The maximum absolute atomic E-state index is 12.4. The van der Waals surface area contributed by atoms with Crippen molar-refractivity contribution in [3.05, 3.63) is 57.8 Å². The van der Waals surface area contributed by atoms with Gasteiger partial charge in [-0.3, -0.25) is 9.78 Å². The number of hydrogen-bond acceptors (Lipinski definition) is 6. The molecule has 7 heteroatoms. The van der Waals surface area contributed by atoms with E-state index in [1.807, 2.05) is 19.1 Å². The highest BCUT2D eigenvalue weighted by atomic mass is 32.1. The third-order valence-electron chi connectivity index (χ3n) is 3.99. The lowest BCUT2D eigenvalue weighted by Crippen LogP contribution is -2.22. The van der Waals surface area contributed by atoms with Gasteiger partial charge in [-0.15, -0.1) is 11.3 Å². The van der Waals surface area contributed by atoms with Gasteiger partial charge in [0.15, 0.2) is 5.82 Å². The molecule has 0 radical (unpaired) electrons. The number of hydrogen-bond donors (Lipinski definition) is 2. The Hall–Kier alpha value is -2.80. The fraction of sp³-hybridized carbons (Fsp3) is 0.263. The van der Waals surface area contributed by atoms with Crippen molar-refractivity contribution in [1.82, 2.24) is 20.3 Å². The first-order valence-corrected chi connectivity index (χ1v) is 9.26. The minimum absolute atomic E-state index is 0.0994. The Labute approximate surface area is 156 Å². The van der Waals surface area contributed by atoms with Gasteiger partial charge in [-0.05, 0) is 25.5 Å². The second-order valence-electron chi connectivity index (χ2n) is 5.72. The van der Waals surface area contributed by atoms with Gasteiger partial charge in [-0.1, -0.05) is 19.1 Å². The van der Waals surface area contributed by atoms with Gasteiger partial charge in [0.1, 0.15) is 5.69 Å². The Morgan fingerprint density at radius 3 is 2.58 bits per heavy atom. The van der Waals surface area contributed by atoms with E-state index in [0.717, 1.165) is 33.3 Å². The molecule has 1 aromatic carbocycles. The first kappa shape index (κ1) is 18.0. The average molecular weight is 367 g/mol. The lowest BCUT2D eigenvalue weighted by molar-refractivity contribution is 0.0951. The van der Waals surface area contributed by atoms with Gasteiger partial charge >= 0.3 is 0 Å². The highest BCUT2D eigenvalue weighted by Gasteiger charge is 2.12. The van der Waals surface area contributed by atoms with Crippen LogP contribution in [0, 0.1) is 6.92 Å². The molecule has 134 valence electrons. The molecule has 3 aromatic rings. The van der Waals surface area contributed by atoms with Crippen LogP contribution in [-0.4, -0.2) is 27.9 Å². The highest BCUT2D eigenvalue weighted by molar-refractivity contribution is 7.11. The Kier molecular flexibility index (Phi) is 5.58. The van der Waals surface area contributed by atoms with E-state index in [9.17, 15) is 4.79 Å². The number of anilines is 1. The summed E-state index contributed by atoms with van der Waals surface area (Å²) in [6, 6.07) is 7.37. The fourth-order valence-electron chi connectivity index (χ4n) is 2.70. The van der Waals surface area contributed by atoms with Gasteiger partial charge in [0.25, 0.3) is 5.91 Å². The Morgan fingerprint density at radius 1 is 1.15 bits per heavy atom. The van der Waals surface area contributed by atoms with Crippen LogP contribution in [0.3, 0.4) is 0 Å². The number of thiazole rings is 1. The molecule has 0 fully saturated rings. The average Bonchev–Trinajstić information content (AvgIpc) is 3.06. The van der Waals surface area contributed by atoms with Gasteiger partial charge < -0.3 is 10.6 Å². The quantitative estimate of drug-likeness (QED) is 0.698. The summed E-state index contributed by atoms with van der Waals surface area (Å²) >= 11 is 1.63. The summed E-state index contributed by atoms with van der Waals surface area (Å²) in [5, 5.41) is 7.03. The topological polar surface area (TPSA) is 79.8 Å². The molecular formula is C19H21N5OS. The second kappa shape index (κ2) is 8.05. The summed E-state index contributed by atoms with van der Waals surface area (Å²) in [4.78, 5) is 26.7. The molecule has 1 amide bonds. The van der Waals surface area contributed by atoms with Gasteiger partial charge in [-0.25, -0.2) is 9.97 Å². The van der Waals surface area contributed by atoms with E-state index in [2.05, 4.69) is 32.5 Å². The van der Waals surface area contributed by atoms with Crippen molar-refractivity contribution in [3.8, 4) is 11.3 Å². The van der Waals surface area contributed by atoms with Crippen molar-refractivity contribution < 1.29 is 4.79 Å². The molecule has 0 saturated heterocycles. The summed E-state index contributed by atoms with van der Waals surface area (Å²) in [6.07, 6.45) is 4.16. The van der Waals surface area contributed by atoms with Crippen molar-refractivity contribution >= 4 is 23.1 Å². The first-order valence-electron chi connectivity index (χ1n) is 8.45. The van der Waals surface area contributed by atoms with E-state index < -0.39 is 0 Å². The SMILES string of the molecule is CCc1nc(C)sc1CNC(=O)c1ccc(-c2nccnc2NC)cc1. The van der Waals surface area contributed by atoms with Gasteiger partial charge in [0.05, 0.1) is 17.2 Å². The highest BCUT2D eigenvalue weighted by Crippen LogP contribution is 2.23. The number of rotatable bonds is 6. The summed E-state index contributed by atoms with van der Waals surface area (Å²) < 4.78 is 0. The van der Waals surface area contributed by atoms with E-state index in [4.69, 9.17) is 0 Å². The minimum atomic E-state index is -0.0994. The maximum atomic E-state index is 12.4. The molecular weight excluding hydrogens is 346 g/mol.